The molecule has 0 saturated carbocycles. The van der Waals surface area contributed by atoms with E-state index in [1.807, 2.05) is 0 Å². The van der Waals surface area contributed by atoms with Crippen LogP contribution < -0.4 is 0 Å². The van der Waals surface area contributed by atoms with Crippen LogP contribution in [0.15, 0.2) is 41.4 Å². The maximum Gasteiger partial charge on any atom is 0.145 e. The minimum atomic E-state index is -1.36. The Labute approximate surface area is 205 Å². The van der Waals surface area contributed by atoms with Crippen LogP contribution in [0.3, 0.4) is 0 Å². The molecule has 1 aliphatic heterocycles. The van der Waals surface area contributed by atoms with Crippen molar-refractivity contribution >= 4 is 46.6 Å². The predicted molar refractivity (Wildman–Crippen MR) is 120 cm³/mol. The van der Waals surface area contributed by atoms with Gasteiger partial charge in [-0.15, -0.1) is 5.10 Å². The van der Waals surface area contributed by atoms with Gasteiger partial charge in [0.1, 0.15) is 52.1 Å². The average Bonchev–Trinajstić information content (AvgIpc) is 3.26. The van der Waals surface area contributed by atoms with Crippen molar-refractivity contribution in [1.29, 1.82) is 0 Å². The summed E-state index contributed by atoms with van der Waals surface area (Å²) in [4.78, 5) is 0.631. The number of aliphatic hydroxyl groups is 3. The van der Waals surface area contributed by atoms with Crippen LogP contribution in [0.2, 0.25) is 15.1 Å². The Morgan fingerprint density at radius 3 is 2.36 bits per heavy atom. The summed E-state index contributed by atoms with van der Waals surface area (Å²) in [6.07, 6.45) is -2.39. The fourth-order valence-corrected chi connectivity index (χ4v) is 4.99. The first-order valence-corrected chi connectivity index (χ1v) is 11.5. The van der Waals surface area contributed by atoms with Gasteiger partial charge in [-0.05, 0) is 30.3 Å². The Bertz CT molecular complexity index is 1150. The average molecular weight is 539 g/mol. The fraction of sp³-hybridized carbons (Fsp3) is 0.300. The molecule has 2 unspecified atom stereocenters. The van der Waals surface area contributed by atoms with E-state index in [0.717, 1.165) is 23.9 Å². The van der Waals surface area contributed by atoms with Crippen molar-refractivity contribution in [1.82, 2.24) is 15.0 Å². The molecule has 0 spiro atoms. The molecule has 0 radical (unpaired) electrons. The van der Waals surface area contributed by atoms with E-state index in [2.05, 4.69) is 10.3 Å². The van der Waals surface area contributed by atoms with Crippen molar-refractivity contribution in [2.75, 3.05) is 6.61 Å². The molecule has 33 heavy (non-hydrogen) atoms. The smallest absolute Gasteiger partial charge is 0.145 e. The Balaban J connectivity index is 1.63. The Morgan fingerprint density at radius 1 is 1.03 bits per heavy atom. The molecule has 176 valence electrons. The third kappa shape index (κ3) is 4.98. The molecule has 1 fully saturated rings. The first kappa shape index (κ1) is 24.6. The highest BCUT2D eigenvalue weighted by Gasteiger charge is 2.46. The third-order valence-corrected chi connectivity index (χ3v) is 7.34. The lowest BCUT2D eigenvalue weighted by Crippen LogP contribution is -2.55. The van der Waals surface area contributed by atoms with Crippen LogP contribution >= 0.6 is 46.6 Å². The first-order chi connectivity index (χ1) is 15.7. The molecule has 3 aromatic rings. The first-order valence-electron chi connectivity index (χ1n) is 9.50. The highest BCUT2D eigenvalue weighted by molar-refractivity contribution is 7.99. The molecule has 0 amide bonds. The van der Waals surface area contributed by atoms with E-state index >= 15 is 0 Å². The molecule has 5 atom stereocenters. The molecule has 3 N–H and O–H groups in total. The SMILES string of the molecule is OCC1O[C@H](Sc2ccc(Cl)c(Cl)c2)C(O)[C@@H](n2cc(-c3cc(F)c(Cl)c(F)c3)nn2)[C@H]1O. The molecule has 0 bridgehead atoms. The van der Waals surface area contributed by atoms with Gasteiger partial charge in [-0.3, -0.25) is 0 Å². The topological polar surface area (TPSA) is 101 Å². The van der Waals surface area contributed by atoms with Gasteiger partial charge < -0.3 is 20.1 Å². The predicted octanol–water partition coefficient (Wildman–Crippen LogP) is 3.96. The summed E-state index contributed by atoms with van der Waals surface area (Å²) in [5.74, 6) is -1.93. The van der Waals surface area contributed by atoms with Gasteiger partial charge >= 0.3 is 0 Å². The molecule has 1 saturated heterocycles. The molecule has 2 heterocycles. The van der Waals surface area contributed by atoms with E-state index in [-0.39, 0.29) is 11.3 Å². The van der Waals surface area contributed by atoms with Crippen molar-refractivity contribution < 1.29 is 28.8 Å². The summed E-state index contributed by atoms with van der Waals surface area (Å²) in [6.45, 7) is -0.530. The third-order valence-electron chi connectivity index (χ3n) is 5.09. The zero-order chi connectivity index (χ0) is 23.9. The maximum absolute atomic E-state index is 13.8. The van der Waals surface area contributed by atoms with Crippen LogP contribution in [0, 0.1) is 11.6 Å². The Kier molecular flexibility index (Phi) is 7.47. The van der Waals surface area contributed by atoms with Gasteiger partial charge in [-0.2, -0.15) is 0 Å². The van der Waals surface area contributed by atoms with Gasteiger partial charge in [0.15, 0.2) is 0 Å². The van der Waals surface area contributed by atoms with Crippen molar-refractivity contribution in [3.05, 3.63) is 63.2 Å². The number of rotatable bonds is 5. The van der Waals surface area contributed by atoms with Gasteiger partial charge in [-0.1, -0.05) is 51.8 Å². The molecule has 2 aromatic carbocycles. The second-order valence-corrected chi connectivity index (χ2v) is 9.59. The normalized spacial score (nSPS) is 25.4. The van der Waals surface area contributed by atoms with Crippen LogP contribution in [0.1, 0.15) is 6.04 Å². The molecule has 13 heteroatoms. The highest BCUT2D eigenvalue weighted by Crippen LogP contribution is 2.39. The molecule has 1 aliphatic rings. The number of halogens is 5. The molecular formula is C20H16Cl3F2N3O4S. The standard InChI is InChI=1S/C20H16Cl3F2N3O4S/c21-10-2-1-9(5-11(10)22)33-20-19(31)17(18(30)15(7-29)32-20)28-6-14(26-27-28)8-3-12(24)16(23)13(25)4-8/h1-6,15,17-20,29-31H,7H2/t15?,17-,18-,19?,20+/m0/s1. The number of nitrogens with zero attached hydrogens (tertiary/aromatic N) is 3. The van der Waals surface area contributed by atoms with E-state index in [1.54, 1.807) is 18.2 Å². The van der Waals surface area contributed by atoms with Crippen molar-refractivity contribution in [2.45, 2.75) is 34.7 Å². The van der Waals surface area contributed by atoms with E-state index < -0.39 is 53.1 Å². The quantitative estimate of drug-likeness (QED) is 0.423. The van der Waals surface area contributed by atoms with E-state index in [0.29, 0.717) is 14.9 Å². The lowest BCUT2D eigenvalue weighted by molar-refractivity contribution is -0.178. The number of aromatic nitrogens is 3. The lowest BCUT2D eigenvalue weighted by Gasteiger charge is -2.41. The number of aliphatic hydroxyl groups excluding tert-OH is 3. The van der Waals surface area contributed by atoms with Crippen molar-refractivity contribution in [3.8, 4) is 11.3 Å². The number of hydrogen-bond donors (Lipinski definition) is 3. The van der Waals surface area contributed by atoms with E-state index in [1.165, 1.54) is 10.9 Å². The van der Waals surface area contributed by atoms with Gasteiger partial charge in [0.2, 0.25) is 0 Å². The summed E-state index contributed by atoms with van der Waals surface area (Å²) in [7, 11) is 0. The summed E-state index contributed by atoms with van der Waals surface area (Å²) < 4.78 is 34.5. The number of thioether (sulfide) groups is 1. The van der Waals surface area contributed by atoms with Crippen LogP contribution in [-0.2, 0) is 4.74 Å². The largest absolute Gasteiger partial charge is 0.394 e. The maximum atomic E-state index is 13.8. The minimum absolute atomic E-state index is 0.0668. The summed E-state index contributed by atoms with van der Waals surface area (Å²) in [5, 5.41) is 39.2. The van der Waals surface area contributed by atoms with Crippen LogP contribution in [0.25, 0.3) is 11.3 Å². The van der Waals surface area contributed by atoms with Crippen molar-refractivity contribution in [2.24, 2.45) is 0 Å². The van der Waals surface area contributed by atoms with Crippen LogP contribution in [0.4, 0.5) is 8.78 Å². The summed E-state index contributed by atoms with van der Waals surface area (Å²) in [6, 6.07) is 5.77. The second kappa shape index (κ2) is 10.0. The number of hydrogen-bond acceptors (Lipinski definition) is 7. The number of benzene rings is 2. The minimum Gasteiger partial charge on any atom is -0.394 e. The van der Waals surface area contributed by atoms with Crippen LogP contribution in [-0.4, -0.2) is 60.7 Å². The van der Waals surface area contributed by atoms with Crippen LogP contribution in [0.5, 0.6) is 0 Å². The Hall–Kier alpha value is -1.50. The molecule has 0 aliphatic carbocycles. The van der Waals surface area contributed by atoms with E-state index in [4.69, 9.17) is 39.5 Å². The lowest BCUT2D eigenvalue weighted by atomic mass is 9.97. The molecule has 1 aromatic heterocycles. The Morgan fingerprint density at radius 2 is 1.73 bits per heavy atom. The fourth-order valence-electron chi connectivity index (χ4n) is 3.42. The summed E-state index contributed by atoms with van der Waals surface area (Å²) >= 11 is 18.6. The molecule has 4 rings (SSSR count). The van der Waals surface area contributed by atoms with Gasteiger partial charge in [0.25, 0.3) is 0 Å². The monoisotopic (exact) mass is 537 g/mol. The van der Waals surface area contributed by atoms with Gasteiger partial charge in [-0.25, -0.2) is 13.5 Å². The zero-order valence-corrected chi connectivity index (χ0v) is 19.5. The molecular weight excluding hydrogens is 523 g/mol. The highest BCUT2D eigenvalue weighted by atomic mass is 35.5. The number of ether oxygens (including phenoxy) is 1. The van der Waals surface area contributed by atoms with Gasteiger partial charge in [0, 0.05) is 10.5 Å². The zero-order valence-electron chi connectivity index (χ0n) is 16.4. The van der Waals surface area contributed by atoms with Gasteiger partial charge in [0.05, 0.1) is 22.8 Å². The summed E-state index contributed by atoms with van der Waals surface area (Å²) in [5.41, 5.74) is -0.771. The van der Waals surface area contributed by atoms with E-state index in [9.17, 15) is 24.1 Å². The van der Waals surface area contributed by atoms with Crippen molar-refractivity contribution in [3.63, 3.8) is 0 Å². The second-order valence-electron chi connectivity index (χ2n) is 7.23. The molecule has 7 nitrogen and oxygen atoms in total.